The lowest BCUT2D eigenvalue weighted by molar-refractivity contribution is -0.857. The monoisotopic (exact) mass is 449 g/mol. The largest absolute Gasteiger partial charge is 0.872 e. The first-order valence-electron chi connectivity index (χ1n) is 11.3. The van der Waals surface area contributed by atoms with Crippen molar-refractivity contribution in [2.45, 2.75) is 25.5 Å². The number of ketones is 1. The molecule has 0 spiro atoms. The van der Waals surface area contributed by atoms with Crippen LogP contribution >= 0.6 is 0 Å². The summed E-state index contributed by atoms with van der Waals surface area (Å²) in [5.74, 6) is -0.943. The van der Waals surface area contributed by atoms with E-state index in [2.05, 4.69) is 0 Å². The van der Waals surface area contributed by atoms with E-state index in [0.29, 0.717) is 25.1 Å². The number of likely N-dealkylation sites (tertiary alicyclic amines) is 1. The molecular weight excluding hydrogens is 418 g/mol. The molecule has 0 aliphatic carbocycles. The normalized spacial score (nSPS) is 21.5. The third-order valence-electron chi connectivity index (χ3n) is 6.27. The SMILES string of the molecule is CC1Cc2cc(C([O-])=C3C(=O)C(=O)N(CC[NH+](C)C)C3c3ccc(N(C)C)cc3)ccc2O1. The Morgan fingerprint density at radius 2 is 1.85 bits per heavy atom. The van der Waals surface area contributed by atoms with Gasteiger partial charge in [0.25, 0.3) is 5.91 Å². The summed E-state index contributed by atoms with van der Waals surface area (Å²) in [7, 11) is 7.88. The van der Waals surface area contributed by atoms with E-state index in [0.717, 1.165) is 27.5 Å². The molecule has 2 atom stereocenters. The zero-order chi connectivity index (χ0) is 23.9. The molecule has 174 valence electrons. The van der Waals surface area contributed by atoms with Gasteiger partial charge in [0.2, 0.25) is 5.78 Å². The molecule has 2 aromatic rings. The summed E-state index contributed by atoms with van der Waals surface area (Å²) in [5.41, 5.74) is 3.15. The van der Waals surface area contributed by atoms with E-state index in [9.17, 15) is 14.7 Å². The van der Waals surface area contributed by atoms with Crippen LogP contribution in [-0.4, -0.2) is 64.0 Å². The van der Waals surface area contributed by atoms with Crippen molar-refractivity contribution in [3.05, 3.63) is 64.7 Å². The number of fused-ring (bicyclic) bond motifs is 1. The molecule has 0 saturated carbocycles. The van der Waals surface area contributed by atoms with E-state index < -0.39 is 23.5 Å². The first kappa shape index (κ1) is 22.9. The van der Waals surface area contributed by atoms with Crippen LogP contribution in [0.5, 0.6) is 5.75 Å². The van der Waals surface area contributed by atoms with E-state index in [1.807, 2.05) is 64.3 Å². The van der Waals surface area contributed by atoms with Crippen molar-refractivity contribution in [1.29, 1.82) is 0 Å². The molecule has 1 amide bonds. The highest BCUT2D eigenvalue weighted by molar-refractivity contribution is 6.46. The van der Waals surface area contributed by atoms with Crippen LogP contribution in [0.25, 0.3) is 5.76 Å². The molecule has 7 nitrogen and oxygen atoms in total. The molecule has 1 N–H and O–H groups in total. The average Bonchev–Trinajstić information content (AvgIpc) is 3.27. The highest BCUT2D eigenvalue weighted by atomic mass is 16.5. The highest BCUT2D eigenvalue weighted by Crippen LogP contribution is 2.40. The fraction of sp³-hybridized carbons (Fsp3) is 0.385. The van der Waals surface area contributed by atoms with Crippen LogP contribution in [0.2, 0.25) is 0 Å². The summed E-state index contributed by atoms with van der Waals surface area (Å²) in [5, 5.41) is 13.6. The minimum Gasteiger partial charge on any atom is -0.872 e. The Morgan fingerprint density at radius 3 is 2.48 bits per heavy atom. The number of ether oxygens (including phenoxy) is 1. The number of hydrogen-bond acceptors (Lipinski definition) is 5. The van der Waals surface area contributed by atoms with Crippen LogP contribution in [0.3, 0.4) is 0 Å². The number of anilines is 1. The van der Waals surface area contributed by atoms with Gasteiger partial charge in [-0.15, -0.1) is 0 Å². The third kappa shape index (κ3) is 4.33. The van der Waals surface area contributed by atoms with Gasteiger partial charge in [-0.05, 0) is 47.9 Å². The molecule has 7 heteroatoms. The minimum absolute atomic E-state index is 0.0262. The van der Waals surface area contributed by atoms with E-state index in [-0.39, 0.29) is 11.7 Å². The van der Waals surface area contributed by atoms with Gasteiger partial charge in [0, 0.05) is 31.8 Å². The minimum atomic E-state index is -0.708. The van der Waals surface area contributed by atoms with Gasteiger partial charge in [0.05, 0.1) is 33.2 Å². The first-order chi connectivity index (χ1) is 15.7. The highest BCUT2D eigenvalue weighted by Gasteiger charge is 2.44. The van der Waals surface area contributed by atoms with Gasteiger partial charge in [0.1, 0.15) is 11.9 Å². The zero-order valence-electron chi connectivity index (χ0n) is 19.8. The van der Waals surface area contributed by atoms with E-state index >= 15 is 0 Å². The smallest absolute Gasteiger partial charge is 0.295 e. The van der Waals surface area contributed by atoms with Gasteiger partial charge in [-0.3, -0.25) is 9.59 Å². The Balaban J connectivity index is 1.80. The van der Waals surface area contributed by atoms with Crippen molar-refractivity contribution in [3.63, 3.8) is 0 Å². The third-order valence-corrected chi connectivity index (χ3v) is 6.27. The van der Waals surface area contributed by atoms with E-state index in [1.54, 1.807) is 23.1 Å². The number of likely N-dealkylation sites (N-methyl/N-ethyl adjacent to an activating group) is 1. The maximum Gasteiger partial charge on any atom is 0.295 e. The second-order valence-electron chi connectivity index (χ2n) is 9.37. The standard InChI is InChI=1S/C26H31N3O4/c1-16-14-19-15-18(8-11-21(19)33-16)24(30)22-23(17-6-9-20(10-7-17)28(4)5)29(13-12-27(2)3)26(32)25(22)31/h6-11,15-16,23,30H,12-14H2,1-5H3. The number of amides is 1. The maximum atomic E-state index is 13.6. The maximum absolute atomic E-state index is 13.6. The molecule has 0 aromatic heterocycles. The Morgan fingerprint density at radius 1 is 1.15 bits per heavy atom. The van der Waals surface area contributed by atoms with Gasteiger partial charge in [-0.1, -0.05) is 24.0 Å². The molecule has 0 bridgehead atoms. The lowest BCUT2D eigenvalue weighted by Gasteiger charge is -2.28. The molecule has 2 aliphatic rings. The number of carbonyl (C=O) groups is 2. The Hall–Kier alpha value is -3.32. The predicted molar refractivity (Wildman–Crippen MR) is 125 cm³/mol. The molecular formula is C26H31N3O4. The van der Waals surface area contributed by atoms with Gasteiger partial charge < -0.3 is 24.5 Å². The van der Waals surface area contributed by atoms with Crippen molar-refractivity contribution in [2.24, 2.45) is 0 Å². The number of nitrogens with one attached hydrogen (secondary N) is 1. The second kappa shape index (κ2) is 8.90. The Bertz CT molecular complexity index is 1110. The van der Waals surface area contributed by atoms with Gasteiger partial charge in [-0.25, -0.2) is 0 Å². The number of carbonyl (C=O) groups excluding carboxylic acids is 2. The van der Waals surface area contributed by atoms with Gasteiger partial charge in [-0.2, -0.15) is 0 Å². The van der Waals surface area contributed by atoms with Crippen LogP contribution in [-0.2, 0) is 16.0 Å². The lowest BCUT2D eigenvalue weighted by Crippen LogP contribution is -3.06. The van der Waals surface area contributed by atoms with Crippen LogP contribution in [0.4, 0.5) is 5.69 Å². The zero-order valence-corrected chi connectivity index (χ0v) is 19.8. The second-order valence-corrected chi connectivity index (χ2v) is 9.37. The molecule has 2 aromatic carbocycles. The van der Waals surface area contributed by atoms with Gasteiger partial charge >= 0.3 is 0 Å². The molecule has 1 fully saturated rings. The molecule has 33 heavy (non-hydrogen) atoms. The van der Waals surface area contributed by atoms with Crippen LogP contribution < -0.4 is 19.6 Å². The van der Waals surface area contributed by atoms with Crippen molar-refractivity contribution >= 4 is 23.1 Å². The van der Waals surface area contributed by atoms with E-state index in [1.165, 1.54) is 0 Å². The molecule has 2 heterocycles. The molecule has 2 unspecified atom stereocenters. The summed E-state index contributed by atoms with van der Waals surface area (Å²) < 4.78 is 5.74. The quantitative estimate of drug-likeness (QED) is 0.394. The summed E-state index contributed by atoms with van der Waals surface area (Å²) in [4.78, 5) is 30.8. The number of nitrogens with zero attached hydrogens (tertiary/aromatic N) is 2. The van der Waals surface area contributed by atoms with Crippen LogP contribution in [0.15, 0.2) is 48.0 Å². The summed E-state index contributed by atoms with van der Waals surface area (Å²) >= 11 is 0. The molecule has 4 rings (SSSR count). The summed E-state index contributed by atoms with van der Waals surface area (Å²) in [6, 6.07) is 12.2. The van der Waals surface area contributed by atoms with Crippen LogP contribution in [0.1, 0.15) is 29.7 Å². The van der Waals surface area contributed by atoms with Gasteiger partial charge in [0.15, 0.2) is 0 Å². The number of rotatable bonds is 6. The fourth-order valence-corrected chi connectivity index (χ4v) is 4.47. The fourth-order valence-electron chi connectivity index (χ4n) is 4.47. The number of hydrogen-bond donors (Lipinski definition) is 1. The topological polar surface area (TPSA) is 77.3 Å². The first-order valence-corrected chi connectivity index (χ1v) is 11.3. The van der Waals surface area contributed by atoms with Crippen molar-refractivity contribution in [3.8, 4) is 5.75 Å². The number of Topliss-reactive ketones (excluding diaryl/α,β-unsaturated/α-hetero) is 1. The number of quaternary nitrogens is 1. The Labute approximate surface area is 194 Å². The summed E-state index contributed by atoms with van der Waals surface area (Å²) in [6.07, 6.45) is 0.769. The van der Waals surface area contributed by atoms with E-state index in [4.69, 9.17) is 4.74 Å². The van der Waals surface area contributed by atoms with Crippen molar-refractivity contribution < 1.29 is 24.3 Å². The lowest BCUT2D eigenvalue weighted by atomic mass is 9.94. The molecule has 1 saturated heterocycles. The molecule has 0 radical (unpaired) electrons. The number of benzene rings is 2. The molecule has 2 aliphatic heterocycles. The summed E-state index contributed by atoms with van der Waals surface area (Å²) in [6.45, 7) is 3.04. The van der Waals surface area contributed by atoms with Crippen molar-refractivity contribution in [2.75, 3.05) is 46.2 Å². The average molecular weight is 450 g/mol. The Kier molecular flexibility index (Phi) is 6.17. The van der Waals surface area contributed by atoms with Crippen LogP contribution in [0, 0.1) is 0 Å². The predicted octanol–water partition coefficient (Wildman–Crippen LogP) is 0.445. The van der Waals surface area contributed by atoms with Crippen molar-refractivity contribution in [1.82, 2.24) is 4.90 Å².